The third-order valence-electron chi connectivity index (χ3n) is 3.41. The number of anilines is 1. The summed E-state index contributed by atoms with van der Waals surface area (Å²) in [5.41, 5.74) is 0.664. The molecule has 1 aromatic carbocycles. The minimum absolute atomic E-state index is 0.157. The third kappa shape index (κ3) is 5.68. The van der Waals surface area contributed by atoms with Gasteiger partial charge in [0.15, 0.2) is 9.84 Å². The van der Waals surface area contributed by atoms with E-state index in [1.165, 1.54) is 11.3 Å². The summed E-state index contributed by atoms with van der Waals surface area (Å²) in [6.07, 6.45) is 2.04. The minimum Gasteiger partial charge on any atom is -0.300 e. The van der Waals surface area contributed by atoms with E-state index in [9.17, 15) is 13.2 Å². The lowest BCUT2D eigenvalue weighted by Crippen LogP contribution is -2.23. The Morgan fingerprint density at radius 3 is 2.62 bits per heavy atom. The summed E-state index contributed by atoms with van der Waals surface area (Å²) in [4.78, 5) is 12.0. The summed E-state index contributed by atoms with van der Waals surface area (Å²) >= 11 is 1.29. The van der Waals surface area contributed by atoms with Crippen molar-refractivity contribution in [1.29, 1.82) is 0 Å². The van der Waals surface area contributed by atoms with Crippen molar-refractivity contribution in [1.82, 2.24) is 10.2 Å². The highest BCUT2D eigenvalue weighted by atomic mass is 32.2. The van der Waals surface area contributed by atoms with E-state index < -0.39 is 21.5 Å². The van der Waals surface area contributed by atoms with Crippen LogP contribution in [-0.2, 0) is 20.4 Å². The van der Waals surface area contributed by atoms with Gasteiger partial charge in [-0.05, 0) is 12.0 Å². The number of benzene rings is 1. The zero-order valence-electron chi connectivity index (χ0n) is 13.7. The second-order valence-corrected chi connectivity index (χ2v) is 8.77. The number of amides is 1. The topological polar surface area (TPSA) is 89.0 Å². The number of aromatic nitrogens is 2. The molecule has 0 aliphatic carbocycles. The van der Waals surface area contributed by atoms with Crippen molar-refractivity contribution in [2.24, 2.45) is 0 Å². The van der Waals surface area contributed by atoms with E-state index >= 15 is 0 Å². The summed E-state index contributed by atoms with van der Waals surface area (Å²) in [5, 5.41) is 11.7. The quantitative estimate of drug-likeness (QED) is 0.775. The molecule has 0 fully saturated rings. The number of hydrogen-bond acceptors (Lipinski definition) is 6. The largest absolute Gasteiger partial charge is 0.300 e. The molecule has 0 bridgehead atoms. The van der Waals surface area contributed by atoms with Crippen LogP contribution >= 0.6 is 11.3 Å². The number of nitrogens with one attached hydrogen (secondary N) is 1. The highest BCUT2D eigenvalue weighted by Crippen LogP contribution is 2.26. The fourth-order valence-electron chi connectivity index (χ4n) is 2.28. The van der Waals surface area contributed by atoms with Crippen LogP contribution in [0.1, 0.15) is 43.2 Å². The van der Waals surface area contributed by atoms with Crippen molar-refractivity contribution in [3.05, 3.63) is 40.9 Å². The van der Waals surface area contributed by atoms with Crippen molar-refractivity contribution in [3.63, 3.8) is 0 Å². The van der Waals surface area contributed by atoms with Gasteiger partial charge in [0.2, 0.25) is 11.0 Å². The van der Waals surface area contributed by atoms with Crippen molar-refractivity contribution in [2.45, 2.75) is 38.4 Å². The number of rotatable bonds is 8. The molecule has 1 aromatic heterocycles. The van der Waals surface area contributed by atoms with Crippen molar-refractivity contribution >= 4 is 32.2 Å². The Hall–Kier alpha value is -1.80. The first kappa shape index (κ1) is 18.5. The molecule has 1 atom stereocenters. The first-order valence-electron chi connectivity index (χ1n) is 7.77. The highest BCUT2D eigenvalue weighted by molar-refractivity contribution is 7.91. The predicted molar refractivity (Wildman–Crippen MR) is 95.8 cm³/mol. The molecule has 0 spiro atoms. The number of carbonyl (C=O) groups is 1. The van der Waals surface area contributed by atoms with Gasteiger partial charge in [0.1, 0.15) is 10.8 Å². The van der Waals surface area contributed by atoms with Crippen LogP contribution in [0.3, 0.4) is 0 Å². The summed E-state index contributed by atoms with van der Waals surface area (Å²) < 4.78 is 24.2. The SMILES string of the molecule is CCC[C@H](C)c1nnc(NC(=O)CS(=O)(=O)Cc2ccccc2)s1. The molecule has 24 heavy (non-hydrogen) atoms. The molecule has 1 amide bonds. The molecule has 0 aliphatic heterocycles. The number of hydrogen-bond donors (Lipinski definition) is 1. The lowest BCUT2D eigenvalue weighted by Gasteiger charge is -2.05. The van der Waals surface area contributed by atoms with Crippen LogP contribution in [0.15, 0.2) is 30.3 Å². The van der Waals surface area contributed by atoms with Crippen LogP contribution in [0.2, 0.25) is 0 Å². The van der Waals surface area contributed by atoms with Crippen LogP contribution in [0.4, 0.5) is 5.13 Å². The van der Waals surface area contributed by atoms with Gasteiger partial charge in [0, 0.05) is 5.92 Å². The summed E-state index contributed by atoms with van der Waals surface area (Å²) in [6, 6.07) is 8.80. The third-order valence-corrected chi connectivity index (χ3v) is 5.96. The van der Waals surface area contributed by atoms with E-state index in [-0.39, 0.29) is 11.7 Å². The lowest BCUT2D eigenvalue weighted by molar-refractivity contribution is -0.113. The molecule has 2 aromatic rings. The van der Waals surface area contributed by atoms with Crippen molar-refractivity contribution in [3.8, 4) is 0 Å². The van der Waals surface area contributed by atoms with Crippen LogP contribution in [0, 0.1) is 0 Å². The molecular weight excluding hydrogens is 346 g/mol. The highest BCUT2D eigenvalue weighted by Gasteiger charge is 2.19. The van der Waals surface area contributed by atoms with Crippen LogP contribution in [0.5, 0.6) is 0 Å². The maximum atomic E-state index is 12.1. The second-order valence-electron chi connectivity index (χ2n) is 5.70. The average Bonchev–Trinajstić information content (AvgIpc) is 2.95. The Bertz CT molecular complexity index is 773. The average molecular weight is 367 g/mol. The molecule has 0 saturated heterocycles. The summed E-state index contributed by atoms with van der Waals surface area (Å²) in [5.74, 6) is -1.03. The van der Waals surface area contributed by atoms with Crippen LogP contribution in [-0.4, -0.2) is 30.3 Å². The minimum atomic E-state index is -3.53. The maximum absolute atomic E-state index is 12.1. The normalized spacial score (nSPS) is 12.8. The Morgan fingerprint density at radius 2 is 1.96 bits per heavy atom. The second kappa shape index (κ2) is 8.34. The van der Waals surface area contributed by atoms with Crippen molar-refractivity contribution in [2.75, 3.05) is 11.1 Å². The van der Waals surface area contributed by atoms with Crippen LogP contribution in [0.25, 0.3) is 0 Å². The van der Waals surface area contributed by atoms with E-state index in [1.807, 2.05) is 6.07 Å². The van der Waals surface area contributed by atoms with E-state index in [4.69, 9.17) is 0 Å². The Kier molecular flexibility index (Phi) is 6.44. The van der Waals surface area contributed by atoms with E-state index in [2.05, 4.69) is 29.4 Å². The zero-order chi connectivity index (χ0) is 17.6. The molecule has 0 radical (unpaired) electrons. The van der Waals surface area contributed by atoms with Gasteiger partial charge in [-0.3, -0.25) is 10.1 Å². The Labute approximate surface area is 146 Å². The standard InChI is InChI=1S/C16H21N3O3S2/c1-3-7-12(2)15-18-19-16(23-15)17-14(20)11-24(21,22)10-13-8-5-4-6-9-13/h4-6,8-9,12H,3,7,10-11H2,1-2H3,(H,17,19,20)/t12-/m0/s1. The van der Waals surface area contributed by atoms with E-state index in [1.54, 1.807) is 24.3 Å². The number of sulfone groups is 1. The van der Waals surface area contributed by atoms with Gasteiger partial charge in [-0.1, -0.05) is 61.9 Å². The van der Waals surface area contributed by atoms with Gasteiger partial charge in [0.25, 0.3) is 0 Å². The van der Waals surface area contributed by atoms with Gasteiger partial charge in [-0.15, -0.1) is 10.2 Å². The van der Waals surface area contributed by atoms with Gasteiger partial charge >= 0.3 is 0 Å². The molecule has 2 rings (SSSR count). The van der Waals surface area contributed by atoms with Gasteiger partial charge in [-0.25, -0.2) is 8.42 Å². The molecule has 1 heterocycles. The summed E-state index contributed by atoms with van der Waals surface area (Å²) in [7, 11) is -3.53. The molecular formula is C16H21N3O3S2. The molecule has 0 unspecified atom stereocenters. The predicted octanol–water partition coefficient (Wildman–Crippen LogP) is 3.00. The fraction of sp³-hybridized carbons (Fsp3) is 0.438. The maximum Gasteiger partial charge on any atom is 0.241 e. The van der Waals surface area contributed by atoms with Crippen molar-refractivity contribution < 1.29 is 13.2 Å². The molecule has 6 nitrogen and oxygen atoms in total. The Balaban J connectivity index is 1.93. The number of carbonyl (C=O) groups excluding carboxylic acids is 1. The molecule has 130 valence electrons. The summed E-state index contributed by atoms with van der Waals surface area (Å²) in [6.45, 7) is 4.15. The number of nitrogens with zero attached hydrogens (tertiary/aromatic N) is 2. The van der Waals surface area contributed by atoms with E-state index in [0.29, 0.717) is 10.7 Å². The Morgan fingerprint density at radius 1 is 1.25 bits per heavy atom. The fourth-order valence-corrected chi connectivity index (χ4v) is 4.39. The first-order chi connectivity index (χ1) is 11.4. The lowest BCUT2D eigenvalue weighted by atomic mass is 10.1. The molecule has 0 aliphatic rings. The monoisotopic (exact) mass is 367 g/mol. The van der Waals surface area contributed by atoms with Crippen LogP contribution < -0.4 is 5.32 Å². The molecule has 0 saturated carbocycles. The first-order valence-corrected chi connectivity index (χ1v) is 10.4. The van der Waals surface area contributed by atoms with Gasteiger partial charge < -0.3 is 0 Å². The van der Waals surface area contributed by atoms with Gasteiger partial charge in [0.05, 0.1) is 5.75 Å². The molecule has 8 heteroatoms. The molecule has 1 N–H and O–H groups in total. The van der Waals surface area contributed by atoms with E-state index in [0.717, 1.165) is 17.8 Å². The van der Waals surface area contributed by atoms with Gasteiger partial charge in [-0.2, -0.15) is 0 Å². The smallest absolute Gasteiger partial charge is 0.241 e. The zero-order valence-corrected chi connectivity index (χ0v) is 15.4.